The van der Waals surface area contributed by atoms with E-state index in [1.54, 1.807) is 20.0 Å². The van der Waals surface area contributed by atoms with Crippen LogP contribution in [0.3, 0.4) is 0 Å². The maximum absolute atomic E-state index is 8.73. The largest absolute Gasteiger partial charge is 0.437 e. The maximum Gasteiger partial charge on any atom is 0.227 e. The summed E-state index contributed by atoms with van der Waals surface area (Å²) in [5, 5.41) is 2.00. The zero-order valence-electron chi connectivity index (χ0n) is 24.5. The van der Waals surface area contributed by atoms with Gasteiger partial charge in [-0.15, -0.1) is 0 Å². The highest BCUT2D eigenvalue weighted by atomic mass is 16.3. The molecular weight excluding hydrogens is 416 g/mol. The van der Waals surface area contributed by atoms with E-state index in [4.69, 9.17) is 14.9 Å². The van der Waals surface area contributed by atoms with Gasteiger partial charge in [-0.1, -0.05) is 64.1 Å². The first-order chi connectivity index (χ1) is 17.7. The van der Waals surface area contributed by atoms with Crippen molar-refractivity contribution in [2.24, 2.45) is 7.05 Å². The summed E-state index contributed by atoms with van der Waals surface area (Å²) in [5.41, 5.74) is 9.28. The third-order valence-electron chi connectivity index (χ3n) is 7.46. The van der Waals surface area contributed by atoms with Crippen molar-refractivity contribution in [1.82, 2.24) is 4.98 Å². The van der Waals surface area contributed by atoms with E-state index < -0.39 is 12.7 Å². The van der Waals surface area contributed by atoms with Crippen molar-refractivity contribution in [3.8, 4) is 22.4 Å². The highest BCUT2D eigenvalue weighted by molar-refractivity contribution is 6.13. The molecule has 0 saturated carbocycles. The lowest BCUT2D eigenvalue weighted by Crippen LogP contribution is -2.32. The Balaban J connectivity index is 1.70. The molecule has 6 rings (SSSR count). The molecule has 0 unspecified atom stereocenters. The topological polar surface area (TPSA) is 29.9 Å². The van der Waals surface area contributed by atoms with Crippen LogP contribution in [0.25, 0.3) is 44.5 Å². The second-order valence-corrected chi connectivity index (χ2v) is 10.2. The van der Waals surface area contributed by atoms with Gasteiger partial charge in [-0.25, -0.2) is 9.55 Å². The first-order valence-electron chi connectivity index (χ1n) is 13.7. The van der Waals surface area contributed by atoms with Crippen molar-refractivity contribution < 1.29 is 14.5 Å². The molecule has 0 amide bonds. The minimum Gasteiger partial charge on any atom is -0.437 e. The Bertz CT molecular complexity index is 1790. The number of nitrogens with zero attached hydrogens (tertiary/aromatic N) is 2. The van der Waals surface area contributed by atoms with Gasteiger partial charge in [-0.3, -0.25) is 0 Å². The van der Waals surface area contributed by atoms with Crippen molar-refractivity contribution in [2.45, 2.75) is 52.8 Å². The van der Waals surface area contributed by atoms with Crippen molar-refractivity contribution in [1.29, 1.82) is 0 Å². The molecule has 0 aliphatic heterocycles. The lowest BCUT2D eigenvalue weighted by atomic mass is 9.81. The zero-order valence-corrected chi connectivity index (χ0v) is 20.5. The normalized spacial score (nSPS) is 16.6. The molecule has 34 heavy (non-hydrogen) atoms. The first-order valence-corrected chi connectivity index (χ1v) is 11.7. The Morgan fingerprint density at radius 3 is 2.65 bits per heavy atom. The third-order valence-corrected chi connectivity index (χ3v) is 7.46. The number of furan rings is 1. The molecule has 0 spiro atoms. The highest BCUT2D eigenvalue weighted by Crippen LogP contribution is 2.52. The molecule has 1 aliphatic carbocycles. The summed E-state index contributed by atoms with van der Waals surface area (Å²) in [6.45, 7) is 7.66. The number of hydrogen-bond acceptors (Lipinski definition) is 2. The van der Waals surface area contributed by atoms with Gasteiger partial charge in [0.05, 0.1) is 10.9 Å². The fraction of sp³-hybridized carbons (Fsp3) is 0.290. The monoisotopic (exact) mass is 451 g/mol. The molecule has 1 aliphatic rings. The van der Waals surface area contributed by atoms with Crippen LogP contribution in [0.5, 0.6) is 0 Å². The zero-order chi connectivity index (χ0) is 27.4. The van der Waals surface area contributed by atoms with Gasteiger partial charge in [0.15, 0.2) is 11.8 Å². The van der Waals surface area contributed by atoms with Crippen molar-refractivity contribution in [2.75, 3.05) is 0 Å². The summed E-state index contributed by atoms with van der Waals surface area (Å²) in [6, 6.07) is 14.5. The molecule has 3 aromatic heterocycles. The molecule has 2 aromatic carbocycles. The average molecular weight is 452 g/mol. The SMILES string of the molecule is [2H]C([2H])([2H])c1c[n+](C)c(-c2c(C)ccc3c2oc2ncc4c(c23)C(C)(C)c2ccccc2-4)cc1C([2H])(C)C. The van der Waals surface area contributed by atoms with Crippen LogP contribution in [-0.2, 0) is 12.5 Å². The van der Waals surface area contributed by atoms with Crippen LogP contribution < -0.4 is 4.57 Å². The molecule has 0 N–H and O–H groups in total. The Morgan fingerprint density at radius 2 is 1.88 bits per heavy atom. The number of fused-ring (bicyclic) bond motifs is 7. The summed E-state index contributed by atoms with van der Waals surface area (Å²) in [6.07, 6.45) is 3.57. The van der Waals surface area contributed by atoms with Crippen LogP contribution in [0.15, 0.2) is 59.3 Å². The summed E-state index contributed by atoms with van der Waals surface area (Å²) >= 11 is 0. The fourth-order valence-corrected chi connectivity index (χ4v) is 5.78. The van der Waals surface area contributed by atoms with Gasteiger partial charge in [-0.05, 0) is 47.5 Å². The van der Waals surface area contributed by atoms with Gasteiger partial charge in [0.2, 0.25) is 11.4 Å². The van der Waals surface area contributed by atoms with Gasteiger partial charge < -0.3 is 4.42 Å². The van der Waals surface area contributed by atoms with E-state index in [-0.39, 0.29) is 11.0 Å². The lowest BCUT2D eigenvalue weighted by molar-refractivity contribution is -0.660. The summed E-state index contributed by atoms with van der Waals surface area (Å²) in [7, 11) is 1.85. The van der Waals surface area contributed by atoms with Crippen LogP contribution in [-0.4, -0.2) is 4.98 Å². The minimum atomic E-state index is -2.32. The standard InChI is InChI=1S/C31H31N2O/c1-17(2)22-14-25(33(7)16-19(22)4)26-18(3)12-13-21-27-28-23(15-32-30(27)34-29(21)26)20-10-8-9-11-24(20)31(28,5)6/h8-17H,1-7H3/q+1/i4D3,17D. The number of pyridine rings is 2. The molecule has 0 radical (unpaired) electrons. The predicted octanol–water partition coefficient (Wildman–Crippen LogP) is 7.52. The minimum absolute atomic E-state index is 0.192. The van der Waals surface area contributed by atoms with Crippen molar-refractivity contribution in [3.63, 3.8) is 0 Å². The van der Waals surface area contributed by atoms with E-state index >= 15 is 0 Å². The van der Waals surface area contributed by atoms with Crippen LogP contribution in [0.4, 0.5) is 0 Å². The first kappa shape index (κ1) is 17.0. The number of aromatic nitrogens is 2. The van der Waals surface area contributed by atoms with Crippen molar-refractivity contribution >= 4 is 22.1 Å². The van der Waals surface area contributed by atoms with E-state index in [1.807, 2.05) is 30.8 Å². The van der Waals surface area contributed by atoms with Gasteiger partial charge in [0, 0.05) is 39.7 Å². The molecule has 0 atom stereocenters. The van der Waals surface area contributed by atoms with E-state index in [2.05, 4.69) is 50.2 Å². The molecule has 0 fully saturated rings. The van der Waals surface area contributed by atoms with E-state index in [9.17, 15) is 0 Å². The highest BCUT2D eigenvalue weighted by Gasteiger charge is 2.38. The van der Waals surface area contributed by atoms with Gasteiger partial charge in [0.1, 0.15) is 7.05 Å². The Morgan fingerprint density at radius 1 is 1.09 bits per heavy atom. The Kier molecular flexibility index (Phi) is 3.52. The Hall–Kier alpha value is -3.46. The number of benzene rings is 2. The van der Waals surface area contributed by atoms with Gasteiger partial charge in [-0.2, -0.15) is 0 Å². The number of rotatable bonds is 2. The summed E-state index contributed by atoms with van der Waals surface area (Å²) in [5.74, 6) is -1.10. The second-order valence-electron chi connectivity index (χ2n) is 10.2. The molecule has 3 heteroatoms. The van der Waals surface area contributed by atoms with Crippen LogP contribution >= 0.6 is 0 Å². The van der Waals surface area contributed by atoms with Crippen LogP contribution in [0, 0.1) is 13.8 Å². The molecule has 3 nitrogen and oxygen atoms in total. The number of aryl methyl sites for hydroxylation is 3. The van der Waals surface area contributed by atoms with E-state index in [0.717, 1.165) is 38.7 Å². The predicted molar refractivity (Wildman–Crippen MR) is 139 cm³/mol. The molecule has 5 aromatic rings. The molecular formula is C31H31N2O+. The van der Waals surface area contributed by atoms with Crippen LogP contribution in [0.2, 0.25) is 0 Å². The molecule has 3 heterocycles. The molecule has 170 valence electrons. The number of hydrogen-bond donors (Lipinski definition) is 0. The smallest absolute Gasteiger partial charge is 0.227 e. The molecule has 0 bridgehead atoms. The maximum atomic E-state index is 8.73. The third kappa shape index (κ3) is 2.70. The van der Waals surface area contributed by atoms with Crippen molar-refractivity contribution in [3.05, 3.63) is 82.7 Å². The summed E-state index contributed by atoms with van der Waals surface area (Å²) in [4.78, 5) is 4.77. The Labute approximate surface area is 206 Å². The average Bonchev–Trinajstić information content (AvgIpc) is 3.30. The van der Waals surface area contributed by atoms with Gasteiger partial charge >= 0.3 is 0 Å². The van der Waals surface area contributed by atoms with E-state index in [0.29, 0.717) is 11.3 Å². The lowest BCUT2D eigenvalue weighted by Gasteiger charge is -2.22. The molecule has 0 saturated heterocycles. The fourth-order valence-electron chi connectivity index (χ4n) is 5.78. The second kappa shape index (κ2) is 7.02. The summed E-state index contributed by atoms with van der Waals surface area (Å²) < 4.78 is 41.4. The van der Waals surface area contributed by atoms with Crippen LogP contribution in [0.1, 0.15) is 66.9 Å². The van der Waals surface area contributed by atoms with Gasteiger partial charge in [0.25, 0.3) is 0 Å². The quantitative estimate of drug-likeness (QED) is 0.260. The van der Waals surface area contributed by atoms with E-state index in [1.165, 1.54) is 16.7 Å².